The minimum atomic E-state index is -1.71. The van der Waals surface area contributed by atoms with Crippen LogP contribution in [0.3, 0.4) is 0 Å². The Morgan fingerprint density at radius 3 is 1.60 bits per heavy atom. The fourth-order valence-electron chi connectivity index (χ4n) is 0.213. The van der Waals surface area contributed by atoms with Crippen LogP contribution in [0.25, 0.3) is 0 Å². The molecule has 5 nitrogen and oxygen atoms in total. The molecule has 0 aromatic carbocycles. The first-order valence-corrected chi connectivity index (χ1v) is 2.02. The second-order valence-electron chi connectivity index (χ2n) is 1.30. The van der Waals surface area contributed by atoms with Gasteiger partial charge in [0.25, 0.3) is 5.78 Å². The van der Waals surface area contributed by atoms with Crippen molar-refractivity contribution in [2.75, 3.05) is 0 Å². The monoisotopic (exact) mass is 184 g/mol. The van der Waals surface area contributed by atoms with E-state index in [-0.39, 0.29) is 17.4 Å². The molecule has 0 aromatic rings. The molecule has 10 heavy (non-hydrogen) atoms. The van der Waals surface area contributed by atoms with Crippen LogP contribution in [-0.4, -0.2) is 27.9 Å². The van der Waals surface area contributed by atoms with Crippen molar-refractivity contribution in [3.05, 3.63) is 0 Å². The zero-order valence-corrected chi connectivity index (χ0v) is 6.01. The van der Waals surface area contributed by atoms with Gasteiger partial charge in [0, 0.05) is 17.4 Å². The Balaban J connectivity index is 0. The van der Waals surface area contributed by atoms with Gasteiger partial charge in [0.2, 0.25) is 0 Å². The number of hydrogen-bond acceptors (Lipinski definition) is 3. The summed E-state index contributed by atoms with van der Waals surface area (Å²) in [7, 11) is 0. The molecular weight excluding hydrogens is 180 g/mol. The van der Waals surface area contributed by atoms with Crippen LogP contribution in [0.5, 0.6) is 0 Å². The normalized spacial score (nSPS) is 7.60. The Bertz CT molecular complexity index is 163. The third-order valence-electron chi connectivity index (χ3n) is 0.550. The summed E-state index contributed by atoms with van der Waals surface area (Å²) in [6.07, 6.45) is -0.949. The van der Waals surface area contributed by atoms with Crippen LogP contribution in [-0.2, 0) is 31.7 Å². The van der Waals surface area contributed by atoms with E-state index in [0.29, 0.717) is 0 Å². The van der Waals surface area contributed by atoms with E-state index >= 15 is 0 Å². The number of carbonyl (C=O) groups is 3. The smallest absolute Gasteiger partial charge is 0.372 e. The van der Waals surface area contributed by atoms with Gasteiger partial charge >= 0.3 is 11.9 Å². The van der Waals surface area contributed by atoms with Crippen molar-refractivity contribution in [2.45, 2.75) is 6.42 Å². The van der Waals surface area contributed by atoms with Gasteiger partial charge in [0.1, 0.15) is 6.42 Å². The Hall–Kier alpha value is -0.858. The van der Waals surface area contributed by atoms with Crippen molar-refractivity contribution in [2.24, 2.45) is 0 Å². The number of rotatable bonds is 3. The van der Waals surface area contributed by atoms with E-state index in [2.05, 4.69) is 0 Å². The van der Waals surface area contributed by atoms with Crippen molar-refractivity contribution in [3.8, 4) is 0 Å². The van der Waals surface area contributed by atoms with Crippen LogP contribution in [0.1, 0.15) is 6.42 Å². The second-order valence-corrected chi connectivity index (χ2v) is 1.30. The van der Waals surface area contributed by atoms with Crippen LogP contribution >= 0.6 is 0 Å². The van der Waals surface area contributed by atoms with Gasteiger partial charge < -0.3 is 10.2 Å². The van der Waals surface area contributed by atoms with E-state index in [0.717, 1.165) is 0 Å². The third kappa shape index (κ3) is 5.28. The van der Waals surface area contributed by atoms with Crippen LogP contribution in [0, 0.1) is 0 Å². The SMILES string of the molecule is O=C(O)CC(=O)C(=O)O.[Cr]. The minimum absolute atomic E-state index is 0. The second kappa shape index (κ2) is 4.97. The summed E-state index contributed by atoms with van der Waals surface area (Å²) >= 11 is 0. The van der Waals surface area contributed by atoms with E-state index in [4.69, 9.17) is 10.2 Å². The molecule has 0 unspecified atom stereocenters. The summed E-state index contributed by atoms with van der Waals surface area (Å²) in [6.45, 7) is 0. The zero-order chi connectivity index (χ0) is 7.44. The predicted octanol–water partition coefficient (Wildman–Crippen LogP) is -0.888. The first kappa shape index (κ1) is 11.9. The Labute approximate surface area is 66.8 Å². The molecule has 0 aliphatic carbocycles. The van der Waals surface area contributed by atoms with Crippen LogP contribution < -0.4 is 0 Å². The van der Waals surface area contributed by atoms with Gasteiger partial charge in [-0.25, -0.2) is 4.79 Å². The number of hydrogen-bond donors (Lipinski definition) is 2. The maximum atomic E-state index is 9.97. The zero-order valence-electron chi connectivity index (χ0n) is 4.73. The summed E-state index contributed by atoms with van der Waals surface area (Å²) < 4.78 is 0. The van der Waals surface area contributed by atoms with E-state index in [1.54, 1.807) is 0 Å². The molecule has 0 saturated carbocycles. The van der Waals surface area contributed by atoms with Crippen molar-refractivity contribution in [1.82, 2.24) is 0 Å². The van der Waals surface area contributed by atoms with Crippen LogP contribution in [0.4, 0.5) is 0 Å². The Morgan fingerprint density at radius 1 is 1.10 bits per heavy atom. The average molecular weight is 184 g/mol. The topological polar surface area (TPSA) is 91.7 Å². The standard InChI is InChI=1S/C4H4O5.Cr/c5-2(4(8)9)1-3(6)7;/h1H2,(H,6,7)(H,8,9);. The molecule has 0 aliphatic heterocycles. The summed E-state index contributed by atoms with van der Waals surface area (Å²) in [5.41, 5.74) is 0. The van der Waals surface area contributed by atoms with Gasteiger partial charge in [-0.3, -0.25) is 9.59 Å². The van der Waals surface area contributed by atoms with E-state index < -0.39 is 24.1 Å². The number of carboxylic acids is 2. The molecule has 0 amide bonds. The van der Waals surface area contributed by atoms with Crippen LogP contribution in [0.15, 0.2) is 0 Å². The number of carboxylic acid groups (broad SMARTS) is 2. The molecule has 0 radical (unpaired) electrons. The largest absolute Gasteiger partial charge is 0.481 e. The van der Waals surface area contributed by atoms with E-state index in [9.17, 15) is 14.4 Å². The molecule has 56 valence electrons. The number of Topliss-reactive ketones (excluding diaryl/α,β-unsaturated/α-hetero) is 1. The van der Waals surface area contributed by atoms with E-state index in [1.165, 1.54) is 0 Å². The number of ketones is 1. The summed E-state index contributed by atoms with van der Waals surface area (Å²) in [5.74, 6) is -4.44. The predicted molar refractivity (Wildman–Crippen MR) is 24.9 cm³/mol. The Kier molecular flexibility index (Phi) is 5.90. The minimum Gasteiger partial charge on any atom is -0.481 e. The molecule has 0 aromatic heterocycles. The molecule has 0 bridgehead atoms. The molecule has 0 fully saturated rings. The van der Waals surface area contributed by atoms with Crippen molar-refractivity contribution in [3.63, 3.8) is 0 Å². The van der Waals surface area contributed by atoms with Gasteiger partial charge in [-0.1, -0.05) is 0 Å². The van der Waals surface area contributed by atoms with Crippen molar-refractivity contribution >= 4 is 17.7 Å². The van der Waals surface area contributed by atoms with Crippen molar-refractivity contribution < 1.29 is 42.0 Å². The molecule has 0 atom stereocenters. The molecule has 0 heterocycles. The summed E-state index contributed by atoms with van der Waals surface area (Å²) in [4.78, 5) is 29.2. The quantitative estimate of drug-likeness (QED) is 0.438. The van der Waals surface area contributed by atoms with Crippen molar-refractivity contribution in [1.29, 1.82) is 0 Å². The third-order valence-corrected chi connectivity index (χ3v) is 0.550. The molecular formula is C4H4CrO5. The first-order valence-electron chi connectivity index (χ1n) is 2.02. The van der Waals surface area contributed by atoms with Gasteiger partial charge in [0.05, 0.1) is 0 Å². The summed E-state index contributed by atoms with van der Waals surface area (Å²) in [5, 5.41) is 15.7. The fourth-order valence-corrected chi connectivity index (χ4v) is 0.213. The van der Waals surface area contributed by atoms with Gasteiger partial charge in [-0.15, -0.1) is 0 Å². The van der Waals surface area contributed by atoms with Gasteiger partial charge in [-0.2, -0.15) is 0 Å². The molecule has 0 spiro atoms. The van der Waals surface area contributed by atoms with Gasteiger partial charge in [-0.05, 0) is 0 Å². The summed E-state index contributed by atoms with van der Waals surface area (Å²) in [6, 6.07) is 0. The van der Waals surface area contributed by atoms with Gasteiger partial charge in [0.15, 0.2) is 0 Å². The Morgan fingerprint density at radius 2 is 1.50 bits per heavy atom. The maximum absolute atomic E-state index is 9.97. The number of carbonyl (C=O) groups excluding carboxylic acids is 1. The van der Waals surface area contributed by atoms with Crippen LogP contribution in [0.2, 0.25) is 0 Å². The van der Waals surface area contributed by atoms with E-state index in [1.807, 2.05) is 0 Å². The average Bonchev–Trinajstić information content (AvgIpc) is 1.63. The molecule has 2 N–H and O–H groups in total. The first-order chi connectivity index (χ1) is 4.04. The molecule has 0 rings (SSSR count). The maximum Gasteiger partial charge on any atom is 0.372 e. The molecule has 0 aliphatic rings. The number of aliphatic carboxylic acids is 2. The fraction of sp³-hybridized carbons (Fsp3) is 0.250. The molecule has 0 saturated heterocycles. The molecule has 6 heteroatoms.